The standard InChI is InChI=1S/C22H32O5SSi/c1-25-21-15-17(9-11-19(21)23)7-5-13-28-27-29(3,4)14-6-8-18-10-12-20(24)22(16-18)26-2/h9-12,15-16,23-24H,5-8,13-14H2,1-4H3. The van der Waals surface area contributed by atoms with E-state index in [2.05, 4.69) is 13.1 Å². The van der Waals surface area contributed by atoms with Crippen LogP contribution in [0.5, 0.6) is 23.0 Å². The molecule has 0 radical (unpaired) electrons. The summed E-state index contributed by atoms with van der Waals surface area (Å²) in [6, 6.07) is 12.1. The van der Waals surface area contributed by atoms with E-state index < -0.39 is 8.32 Å². The molecule has 0 atom stereocenters. The molecular formula is C22H32O5SSi. The van der Waals surface area contributed by atoms with Gasteiger partial charge in [0.25, 0.3) is 0 Å². The maximum atomic E-state index is 9.68. The van der Waals surface area contributed by atoms with E-state index in [-0.39, 0.29) is 11.5 Å². The quantitative estimate of drug-likeness (QED) is 0.258. The van der Waals surface area contributed by atoms with Gasteiger partial charge in [0.15, 0.2) is 23.0 Å². The van der Waals surface area contributed by atoms with Crippen LogP contribution in [0, 0.1) is 0 Å². The van der Waals surface area contributed by atoms with Crippen LogP contribution in [-0.2, 0) is 16.7 Å². The highest BCUT2D eigenvalue weighted by molar-refractivity contribution is 7.95. The van der Waals surface area contributed by atoms with E-state index in [1.54, 1.807) is 38.4 Å². The number of benzene rings is 2. The minimum absolute atomic E-state index is 0.174. The molecule has 0 saturated heterocycles. The molecule has 0 saturated carbocycles. The first kappa shape index (κ1) is 23.4. The Kier molecular flexibility index (Phi) is 9.20. The molecule has 2 rings (SSSR count). The Morgan fingerprint density at radius 1 is 0.828 bits per heavy atom. The van der Waals surface area contributed by atoms with Crippen molar-refractivity contribution in [3.05, 3.63) is 47.5 Å². The fraction of sp³-hybridized carbons (Fsp3) is 0.455. The first-order chi connectivity index (χ1) is 13.8. The fourth-order valence-corrected chi connectivity index (χ4v) is 6.28. The van der Waals surface area contributed by atoms with Crippen LogP contribution in [0.15, 0.2) is 36.4 Å². The van der Waals surface area contributed by atoms with Crippen molar-refractivity contribution < 1.29 is 23.6 Å². The average Bonchev–Trinajstić information content (AvgIpc) is 2.70. The van der Waals surface area contributed by atoms with Crippen LogP contribution < -0.4 is 9.47 Å². The summed E-state index contributed by atoms with van der Waals surface area (Å²) in [5.74, 6) is 2.33. The molecule has 0 aliphatic rings. The van der Waals surface area contributed by atoms with Crippen molar-refractivity contribution >= 4 is 20.4 Å². The predicted octanol–water partition coefficient (Wildman–Crippen LogP) is 5.55. The number of phenols is 2. The molecule has 0 aromatic heterocycles. The second-order valence-electron chi connectivity index (χ2n) is 7.63. The van der Waals surface area contributed by atoms with E-state index in [1.807, 2.05) is 24.3 Å². The molecular weight excluding hydrogens is 404 g/mol. The summed E-state index contributed by atoms with van der Waals surface area (Å²) in [5, 5.41) is 19.3. The van der Waals surface area contributed by atoms with Crippen molar-refractivity contribution in [2.45, 2.75) is 44.8 Å². The molecule has 2 aromatic carbocycles. The van der Waals surface area contributed by atoms with E-state index in [0.29, 0.717) is 11.5 Å². The van der Waals surface area contributed by atoms with Gasteiger partial charge in [0, 0.05) is 5.75 Å². The summed E-state index contributed by atoms with van der Waals surface area (Å²) in [7, 11) is 1.42. The van der Waals surface area contributed by atoms with Gasteiger partial charge in [-0.15, -0.1) is 0 Å². The number of rotatable bonds is 12. The Morgan fingerprint density at radius 2 is 1.34 bits per heavy atom. The van der Waals surface area contributed by atoms with Crippen LogP contribution in [0.4, 0.5) is 0 Å². The van der Waals surface area contributed by atoms with Gasteiger partial charge in [-0.3, -0.25) is 0 Å². The highest BCUT2D eigenvalue weighted by Gasteiger charge is 2.22. The van der Waals surface area contributed by atoms with E-state index >= 15 is 0 Å². The lowest BCUT2D eigenvalue weighted by Crippen LogP contribution is -2.27. The average molecular weight is 437 g/mol. The molecule has 160 valence electrons. The summed E-state index contributed by atoms with van der Waals surface area (Å²) in [4.78, 5) is 0. The number of hydrogen-bond acceptors (Lipinski definition) is 6. The summed E-state index contributed by atoms with van der Waals surface area (Å²) in [6.45, 7) is 4.50. The van der Waals surface area contributed by atoms with Crippen LogP contribution in [-0.4, -0.2) is 38.5 Å². The molecule has 7 heteroatoms. The molecule has 0 bridgehead atoms. The maximum absolute atomic E-state index is 9.68. The van der Waals surface area contributed by atoms with E-state index in [4.69, 9.17) is 13.3 Å². The van der Waals surface area contributed by atoms with Gasteiger partial charge in [-0.2, -0.15) is 0 Å². The minimum Gasteiger partial charge on any atom is -0.504 e. The zero-order valence-corrected chi connectivity index (χ0v) is 19.6. The Bertz CT molecular complexity index is 782. The van der Waals surface area contributed by atoms with Gasteiger partial charge in [-0.05, 0) is 92.3 Å². The SMILES string of the molecule is COc1cc(CCCSO[Si](C)(C)CCCc2ccc(O)c(OC)c2)ccc1O. The van der Waals surface area contributed by atoms with Crippen LogP contribution >= 0.6 is 12.0 Å². The molecule has 2 N–H and O–H groups in total. The van der Waals surface area contributed by atoms with Gasteiger partial charge in [0.05, 0.1) is 14.2 Å². The zero-order valence-electron chi connectivity index (χ0n) is 17.7. The monoisotopic (exact) mass is 436 g/mol. The van der Waals surface area contributed by atoms with Crippen LogP contribution in [0.1, 0.15) is 24.0 Å². The van der Waals surface area contributed by atoms with E-state index in [0.717, 1.165) is 43.0 Å². The Morgan fingerprint density at radius 3 is 1.86 bits per heavy atom. The topological polar surface area (TPSA) is 68.2 Å². The Labute approximate surface area is 179 Å². The van der Waals surface area contributed by atoms with Crippen molar-refractivity contribution in [3.8, 4) is 23.0 Å². The molecule has 0 fully saturated rings. The van der Waals surface area contributed by atoms with Gasteiger partial charge < -0.3 is 23.6 Å². The third-order valence-corrected chi connectivity index (χ3v) is 9.00. The Balaban J connectivity index is 1.66. The van der Waals surface area contributed by atoms with Gasteiger partial charge in [-0.1, -0.05) is 12.1 Å². The minimum atomic E-state index is -1.71. The number of aryl methyl sites for hydroxylation is 2. The van der Waals surface area contributed by atoms with E-state index in [9.17, 15) is 10.2 Å². The molecule has 0 aliphatic heterocycles. The lowest BCUT2D eigenvalue weighted by atomic mass is 10.1. The van der Waals surface area contributed by atoms with Crippen molar-refractivity contribution in [3.63, 3.8) is 0 Å². The third-order valence-electron chi connectivity index (χ3n) is 4.71. The molecule has 5 nitrogen and oxygen atoms in total. The number of ether oxygens (including phenoxy) is 2. The maximum Gasteiger partial charge on any atom is 0.205 e. The lowest BCUT2D eigenvalue weighted by Gasteiger charge is -2.21. The van der Waals surface area contributed by atoms with Crippen molar-refractivity contribution in [1.82, 2.24) is 0 Å². The number of aromatic hydroxyl groups is 2. The highest BCUT2D eigenvalue weighted by Crippen LogP contribution is 2.29. The lowest BCUT2D eigenvalue weighted by molar-refractivity contribution is 0.373. The highest BCUT2D eigenvalue weighted by atomic mass is 32.2. The van der Waals surface area contributed by atoms with Gasteiger partial charge >= 0.3 is 0 Å². The second kappa shape index (κ2) is 11.4. The normalized spacial score (nSPS) is 11.4. The third kappa shape index (κ3) is 7.83. The summed E-state index contributed by atoms with van der Waals surface area (Å²) < 4.78 is 16.5. The first-order valence-electron chi connectivity index (χ1n) is 9.87. The first-order valence-corrected chi connectivity index (χ1v) is 13.9. The molecule has 0 aliphatic carbocycles. The summed E-state index contributed by atoms with van der Waals surface area (Å²) in [6.07, 6.45) is 3.94. The molecule has 0 amide bonds. The molecule has 2 aromatic rings. The van der Waals surface area contributed by atoms with Crippen molar-refractivity contribution in [2.75, 3.05) is 20.0 Å². The largest absolute Gasteiger partial charge is 0.504 e. The van der Waals surface area contributed by atoms with Crippen LogP contribution in [0.2, 0.25) is 19.1 Å². The van der Waals surface area contributed by atoms with Crippen molar-refractivity contribution in [1.29, 1.82) is 0 Å². The summed E-state index contributed by atoms with van der Waals surface area (Å²) >= 11 is 1.57. The van der Waals surface area contributed by atoms with Crippen LogP contribution in [0.25, 0.3) is 0 Å². The van der Waals surface area contributed by atoms with Gasteiger partial charge in [0.1, 0.15) is 0 Å². The second-order valence-corrected chi connectivity index (χ2v) is 13.0. The van der Waals surface area contributed by atoms with Crippen molar-refractivity contribution in [2.24, 2.45) is 0 Å². The zero-order chi connectivity index (χ0) is 21.3. The smallest absolute Gasteiger partial charge is 0.205 e. The number of phenolic OH excluding ortho intramolecular Hbond substituents is 2. The number of methoxy groups -OCH3 is 2. The predicted molar refractivity (Wildman–Crippen MR) is 122 cm³/mol. The molecule has 0 unspecified atom stereocenters. The van der Waals surface area contributed by atoms with Gasteiger partial charge in [-0.25, -0.2) is 0 Å². The molecule has 29 heavy (non-hydrogen) atoms. The fourth-order valence-electron chi connectivity index (χ4n) is 3.05. The molecule has 0 heterocycles. The Hall–Kier alpha value is -1.83. The number of hydrogen-bond donors (Lipinski definition) is 2. The van der Waals surface area contributed by atoms with Crippen LogP contribution in [0.3, 0.4) is 0 Å². The summed E-state index contributed by atoms with van der Waals surface area (Å²) in [5.41, 5.74) is 2.32. The molecule has 0 spiro atoms. The van der Waals surface area contributed by atoms with E-state index in [1.165, 1.54) is 5.56 Å². The van der Waals surface area contributed by atoms with Gasteiger partial charge in [0.2, 0.25) is 8.32 Å².